The SMILES string of the molecule is C/C(=N\Nc1nnc2c(n1)[nH]c1ccccc12)c1ccc(C(C)C)cc1. The van der Waals surface area contributed by atoms with Gasteiger partial charge in [-0.2, -0.15) is 10.1 Å². The van der Waals surface area contributed by atoms with Crippen LogP contribution in [0.4, 0.5) is 5.95 Å². The number of anilines is 1. The van der Waals surface area contributed by atoms with Crippen LogP contribution in [0.5, 0.6) is 0 Å². The van der Waals surface area contributed by atoms with E-state index < -0.39 is 0 Å². The van der Waals surface area contributed by atoms with Crippen molar-refractivity contribution < 1.29 is 0 Å². The van der Waals surface area contributed by atoms with Crippen LogP contribution in [0.3, 0.4) is 0 Å². The first-order valence-corrected chi connectivity index (χ1v) is 8.63. The third kappa shape index (κ3) is 3.01. The number of hydrogen-bond acceptors (Lipinski definition) is 5. The Balaban J connectivity index is 1.58. The summed E-state index contributed by atoms with van der Waals surface area (Å²) >= 11 is 0. The van der Waals surface area contributed by atoms with Crippen molar-refractivity contribution in [2.24, 2.45) is 5.10 Å². The maximum Gasteiger partial charge on any atom is 0.265 e. The van der Waals surface area contributed by atoms with Gasteiger partial charge in [-0.1, -0.05) is 56.3 Å². The molecule has 6 heteroatoms. The van der Waals surface area contributed by atoms with Gasteiger partial charge in [0, 0.05) is 10.9 Å². The van der Waals surface area contributed by atoms with E-state index in [1.807, 2.05) is 31.2 Å². The van der Waals surface area contributed by atoms with Crippen LogP contribution in [0.1, 0.15) is 37.8 Å². The Kier molecular flexibility index (Phi) is 4.08. The van der Waals surface area contributed by atoms with Crippen LogP contribution in [-0.2, 0) is 0 Å². The second-order valence-electron chi connectivity index (χ2n) is 6.59. The lowest BCUT2D eigenvalue weighted by Crippen LogP contribution is -2.03. The molecule has 26 heavy (non-hydrogen) atoms. The molecule has 2 aromatic heterocycles. The number of hydrogen-bond donors (Lipinski definition) is 2. The lowest BCUT2D eigenvalue weighted by Gasteiger charge is -2.07. The average molecular weight is 344 g/mol. The molecule has 0 amide bonds. The number of aromatic amines is 1. The van der Waals surface area contributed by atoms with Gasteiger partial charge >= 0.3 is 0 Å². The average Bonchev–Trinajstić information content (AvgIpc) is 3.04. The number of aromatic nitrogens is 4. The molecule has 0 radical (unpaired) electrons. The summed E-state index contributed by atoms with van der Waals surface area (Å²) in [7, 11) is 0. The molecule has 4 rings (SSSR count). The van der Waals surface area contributed by atoms with Crippen molar-refractivity contribution in [1.82, 2.24) is 20.2 Å². The first-order valence-electron chi connectivity index (χ1n) is 8.63. The van der Waals surface area contributed by atoms with E-state index in [0.29, 0.717) is 17.5 Å². The number of rotatable bonds is 4. The van der Waals surface area contributed by atoms with Crippen LogP contribution in [0.2, 0.25) is 0 Å². The molecule has 6 nitrogen and oxygen atoms in total. The monoisotopic (exact) mass is 344 g/mol. The van der Waals surface area contributed by atoms with Gasteiger partial charge in [0.15, 0.2) is 5.65 Å². The predicted octanol–water partition coefficient (Wildman–Crippen LogP) is 4.47. The lowest BCUT2D eigenvalue weighted by atomic mass is 10.0. The van der Waals surface area contributed by atoms with Crippen molar-refractivity contribution in [3.8, 4) is 0 Å². The zero-order valence-corrected chi connectivity index (χ0v) is 15.0. The molecule has 0 aliphatic heterocycles. The number of hydrazone groups is 1. The molecule has 0 fully saturated rings. The van der Waals surface area contributed by atoms with E-state index >= 15 is 0 Å². The normalized spacial score (nSPS) is 12.2. The Labute approximate surface area is 151 Å². The quantitative estimate of drug-likeness (QED) is 0.423. The summed E-state index contributed by atoms with van der Waals surface area (Å²) in [5.74, 6) is 0.879. The molecular formula is C20H20N6. The molecule has 2 aromatic carbocycles. The van der Waals surface area contributed by atoms with Crippen LogP contribution in [0.15, 0.2) is 53.6 Å². The van der Waals surface area contributed by atoms with Crippen LogP contribution in [0.25, 0.3) is 22.1 Å². The molecule has 0 spiro atoms. The summed E-state index contributed by atoms with van der Waals surface area (Å²) in [6, 6.07) is 16.4. The molecule has 0 bridgehead atoms. The first-order chi connectivity index (χ1) is 12.6. The maximum absolute atomic E-state index is 4.47. The molecule has 130 valence electrons. The zero-order valence-electron chi connectivity index (χ0n) is 15.0. The fourth-order valence-electron chi connectivity index (χ4n) is 2.88. The van der Waals surface area contributed by atoms with Crippen LogP contribution < -0.4 is 5.43 Å². The summed E-state index contributed by atoms with van der Waals surface area (Å²) < 4.78 is 0. The second-order valence-corrected chi connectivity index (χ2v) is 6.59. The van der Waals surface area contributed by atoms with E-state index in [0.717, 1.165) is 27.7 Å². The van der Waals surface area contributed by atoms with Gasteiger partial charge in [0.25, 0.3) is 5.95 Å². The predicted molar refractivity (Wildman–Crippen MR) is 106 cm³/mol. The highest BCUT2D eigenvalue weighted by molar-refractivity contribution is 6.03. The number of nitrogens with zero attached hydrogens (tertiary/aromatic N) is 4. The number of fused-ring (bicyclic) bond motifs is 3. The Morgan fingerprint density at radius 1 is 1.04 bits per heavy atom. The molecule has 0 aliphatic rings. The topological polar surface area (TPSA) is 78.8 Å². The van der Waals surface area contributed by atoms with E-state index in [-0.39, 0.29) is 0 Å². The van der Waals surface area contributed by atoms with Gasteiger partial charge in [0.1, 0.15) is 5.52 Å². The highest BCUT2D eigenvalue weighted by atomic mass is 15.4. The molecule has 0 aliphatic carbocycles. The van der Waals surface area contributed by atoms with E-state index in [2.05, 4.69) is 68.8 Å². The fraction of sp³-hybridized carbons (Fsp3) is 0.200. The standard InChI is InChI=1S/C20H20N6/c1-12(2)14-8-10-15(11-9-14)13(3)23-25-20-22-19-18(24-26-20)16-6-4-5-7-17(16)21-19/h4-12H,1-3H3,(H2,21,22,25,26)/b23-13+. The smallest absolute Gasteiger partial charge is 0.265 e. The molecule has 0 saturated carbocycles. The minimum absolute atomic E-state index is 0.363. The molecule has 2 heterocycles. The van der Waals surface area contributed by atoms with Crippen molar-refractivity contribution in [2.75, 3.05) is 5.43 Å². The number of benzene rings is 2. The van der Waals surface area contributed by atoms with E-state index in [1.165, 1.54) is 5.56 Å². The van der Waals surface area contributed by atoms with Crippen LogP contribution >= 0.6 is 0 Å². The largest absolute Gasteiger partial charge is 0.338 e. The third-order valence-corrected chi connectivity index (χ3v) is 4.44. The van der Waals surface area contributed by atoms with Gasteiger partial charge in [0.2, 0.25) is 0 Å². The molecule has 2 N–H and O–H groups in total. The Morgan fingerprint density at radius 2 is 1.81 bits per heavy atom. The van der Waals surface area contributed by atoms with E-state index in [4.69, 9.17) is 0 Å². The second kappa shape index (κ2) is 6.55. The molecule has 4 aromatic rings. The van der Waals surface area contributed by atoms with Gasteiger partial charge in [-0.25, -0.2) is 5.43 Å². The van der Waals surface area contributed by atoms with Gasteiger partial charge in [-0.05, 0) is 30.0 Å². The van der Waals surface area contributed by atoms with Crippen molar-refractivity contribution in [1.29, 1.82) is 0 Å². The fourth-order valence-corrected chi connectivity index (χ4v) is 2.88. The molecule has 0 saturated heterocycles. The van der Waals surface area contributed by atoms with Gasteiger partial charge in [0.05, 0.1) is 5.71 Å². The Morgan fingerprint density at radius 3 is 2.58 bits per heavy atom. The van der Waals surface area contributed by atoms with Crippen molar-refractivity contribution >= 4 is 33.7 Å². The minimum atomic E-state index is 0.363. The van der Waals surface area contributed by atoms with Crippen molar-refractivity contribution in [2.45, 2.75) is 26.7 Å². The number of nitrogens with one attached hydrogen (secondary N) is 2. The maximum atomic E-state index is 4.47. The van der Waals surface area contributed by atoms with Gasteiger partial charge in [-0.3, -0.25) is 0 Å². The van der Waals surface area contributed by atoms with Crippen molar-refractivity contribution in [3.63, 3.8) is 0 Å². The third-order valence-electron chi connectivity index (χ3n) is 4.44. The van der Waals surface area contributed by atoms with Crippen LogP contribution in [0, 0.1) is 0 Å². The van der Waals surface area contributed by atoms with Crippen molar-refractivity contribution in [3.05, 3.63) is 59.7 Å². The molecule has 0 atom stereocenters. The summed E-state index contributed by atoms with van der Waals surface area (Å²) in [5, 5.41) is 13.8. The summed E-state index contributed by atoms with van der Waals surface area (Å²) in [5.41, 5.74) is 8.57. The van der Waals surface area contributed by atoms with E-state index in [9.17, 15) is 0 Å². The molecular weight excluding hydrogens is 324 g/mol. The van der Waals surface area contributed by atoms with E-state index in [1.54, 1.807) is 0 Å². The summed E-state index contributed by atoms with van der Waals surface area (Å²) in [4.78, 5) is 7.72. The van der Waals surface area contributed by atoms with Gasteiger partial charge in [-0.15, -0.1) is 10.2 Å². The van der Waals surface area contributed by atoms with Crippen LogP contribution in [-0.4, -0.2) is 25.9 Å². The number of H-pyrrole nitrogens is 1. The summed E-state index contributed by atoms with van der Waals surface area (Å²) in [6.07, 6.45) is 0. The minimum Gasteiger partial charge on any atom is -0.338 e. The number of para-hydroxylation sites is 1. The Bertz CT molecular complexity index is 1090. The van der Waals surface area contributed by atoms with Gasteiger partial charge < -0.3 is 4.98 Å². The Hall–Kier alpha value is -3.28. The lowest BCUT2D eigenvalue weighted by molar-refractivity contribution is 0.866. The molecule has 0 unspecified atom stereocenters. The summed E-state index contributed by atoms with van der Waals surface area (Å²) in [6.45, 7) is 6.32. The first kappa shape index (κ1) is 16.2. The highest BCUT2D eigenvalue weighted by Gasteiger charge is 2.08. The zero-order chi connectivity index (χ0) is 18.1. The highest BCUT2D eigenvalue weighted by Crippen LogP contribution is 2.21.